The Balaban J connectivity index is 2.17. The Hall–Kier alpha value is -0.410. The van der Waals surface area contributed by atoms with Crippen LogP contribution in [-0.4, -0.2) is 18.1 Å². The summed E-state index contributed by atoms with van der Waals surface area (Å²) in [6.45, 7) is 4.28. The summed E-state index contributed by atoms with van der Waals surface area (Å²) in [6, 6.07) is 0. The normalized spacial score (nSPS) is 18.9. The van der Waals surface area contributed by atoms with Gasteiger partial charge in [-0.15, -0.1) is 11.3 Å². The minimum Gasteiger partial charge on any atom is -0.315 e. The average molecular weight is 154 g/mol. The summed E-state index contributed by atoms with van der Waals surface area (Å²) in [6.07, 6.45) is 0. The molecule has 0 amide bonds. The largest absolute Gasteiger partial charge is 0.315 e. The molecule has 1 aliphatic heterocycles. The fraction of sp³-hybridized carbons (Fsp3) is 0.571. The molecule has 1 aromatic rings. The van der Waals surface area contributed by atoms with Gasteiger partial charge >= 0.3 is 0 Å². The number of nitrogens with one attached hydrogen (secondary N) is 1. The molecule has 2 heterocycles. The van der Waals surface area contributed by atoms with Crippen LogP contribution in [0, 0.1) is 6.92 Å². The number of rotatable bonds is 1. The van der Waals surface area contributed by atoms with Crippen LogP contribution in [0.15, 0.2) is 5.38 Å². The summed E-state index contributed by atoms with van der Waals surface area (Å²) >= 11 is 1.78. The van der Waals surface area contributed by atoms with Crippen molar-refractivity contribution in [3.05, 3.63) is 16.1 Å². The second-order valence-corrected chi connectivity index (χ2v) is 3.57. The van der Waals surface area contributed by atoms with Gasteiger partial charge in [-0.3, -0.25) is 0 Å². The molecule has 1 fully saturated rings. The van der Waals surface area contributed by atoms with E-state index >= 15 is 0 Å². The summed E-state index contributed by atoms with van der Waals surface area (Å²) < 4.78 is 0. The van der Waals surface area contributed by atoms with E-state index in [1.807, 2.05) is 6.92 Å². The van der Waals surface area contributed by atoms with Crippen molar-refractivity contribution in [2.45, 2.75) is 12.8 Å². The Labute approximate surface area is 64.3 Å². The standard InChI is InChI=1S/C7H10N2S/c1-5-4-10-7(9-5)6-2-8-3-6/h4,6,8H,2-3H2,1H3. The first-order valence-corrected chi connectivity index (χ1v) is 4.37. The minimum absolute atomic E-state index is 0.707. The van der Waals surface area contributed by atoms with Gasteiger partial charge in [0, 0.05) is 30.1 Å². The first-order valence-electron chi connectivity index (χ1n) is 3.49. The lowest BCUT2D eigenvalue weighted by Crippen LogP contribution is -2.39. The predicted octanol–water partition coefficient (Wildman–Crippen LogP) is 1.14. The van der Waals surface area contributed by atoms with Crippen molar-refractivity contribution in [3.8, 4) is 0 Å². The minimum atomic E-state index is 0.707. The second kappa shape index (κ2) is 2.32. The molecule has 0 radical (unpaired) electrons. The van der Waals surface area contributed by atoms with Gasteiger partial charge in [-0.2, -0.15) is 0 Å². The number of nitrogens with zero attached hydrogens (tertiary/aromatic N) is 1. The van der Waals surface area contributed by atoms with Crippen LogP contribution in [0.5, 0.6) is 0 Å². The molecular weight excluding hydrogens is 144 g/mol. The van der Waals surface area contributed by atoms with Crippen LogP contribution in [0.3, 0.4) is 0 Å². The molecule has 0 atom stereocenters. The third-order valence-electron chi connectivity index (χ3n) is 1.77. The Bertz CT molecular complexity index is 227. The number of thiazole rings is 1. The zero-order chi connectivity index (χ0) is 6.97. The van der Waals surface area contributed by atoms with E-state index in [-0.39, 0.29) is 0 Å². The fourth-order valence-electron chi connectivity index (χ4n) is 1.02. The van der Waals surface area contributed by atoms with E-state index in [0.717, 1.165) is 18.8 Å². The molecule has 1 aromatic heterocycles. The molecule has 10 heavy (non-hydrogen) atoms. The Morgan fingerprint density at radius 2 is 2.50 bits per heavy atom. The molecule has 1 saturated heterocycles. The van der Waals surface area contributed by atoms with Crippen LogP contribution >= 0.6 is 11.3 Å². The van der Waals surface area contributed by atoms with Gasteiger partial charge < -0.3 is 5.32 Å². The first-order chi connectivity index (χ1) is 4.86. The van der Waals surface area contributed by atoms with Crippen LogP contribution in [0.2, 0.25) is 0 Å². The molecule has 3 heteroatoms. The van der Waals surface area contributed by atoms with Gasteiger partial charge in [0.25, 0.3) is 0 Å². The van der Waals surface area contributed by atoms with Crippen molar-refractivity contribution in [2.24, 2.45) is 0 Å². The lowest BCUT2D eigenvalue weighted by atomic mass is 10.1. The summed E-state index contributed by atoms with van der Waals surface area (Å²) in [5, 5.41) is 6.66. The van der Waals surface area contributed by atoms with Crippen molar-refractivity contribution in [2.75, 3.05) is 13.1 Å². The SMILES string of the molecule is Cc1csc(C2CNC2)n1. The van der Waals surface area contributed by atoms with Crippen molar-refractivity contribution in [1.82, 2.24) is 10.3 Å². The summed E-state index contributed by atoms with van der Waals surface area (Å²) in [5.41, 5.74) is 1.16. The molecule has 1 N–H and O–H groups in total. The molecule has 0 spiro atoms. The molecule has 1 aliphatic rings. The first kappa shape index (κ1) is 6.31. The van der Waals surface area contributed by atoms with Crippen molar-refractivity contribution in [1.29, 1.82) is 0 Å². The maximum Gasteiger partial charge on any atom is 0.0984 e. The topological polar surface area (TPSA) is 24.9 Å². The van der Waals surface area contributed by atoms with Crippen molar-refractivity contribution >= 4 is 11.3 Å². The third-order valence-corrected chi connectivity index (χ3v) is 2.89. The van der Waals surface area contributed by atoms with E-state index in [1.54, 1.807) is 11.3 Å². The molecular formula is C7H10N2S. The van der Waals surface area contributed by atoms with Crippen LogP contribution in [0.4, 0.5) is 0 Å². The van der Waals surface area contributed by atoms with Gasteiger partial charge in [-0.1, -0.05) is 0 Å². The van der Waals surface area contributed by atoms with E-state index < -0.39 is 0 Å². The number of aryl methyl sites for hydroxylation is 1. The molecule has 0 bridgehead atoms. The van der Waals surface area contributed by atoms with Crippen LogP contribution in [-0.2, 0) is 0 Å². The van der Waals surface area contributed by atoms with E-state index in [4.69, 9.17) is 0 Å². The van der Waals surface area contributed by atoms with E-state index in [1.165, 1.54) is 5.01 Å². The highest BCUT2D eigenvalue weighted by Gasteiger charge is 2.21. The second-order valence-electron chi connectivity index (χ2n) is 2.68. The Morgan fingerprint density at radius 1 is 1.70 bits per heavy atom. The fourth-order valence-corrected chi connectivity index (χ4v) is 1.92. The van der Waals surface area contributed by atoms with E-state index in [0.29, 0.717) is 5.92 Å². The Kier molecular flexibility index (Phi) is 1.47. The average Bonchev–Trinajstić information content (AvgIpc) is 2.10. The summed E-state index contributed by atoms with van der Waals surface area (Å²) in [4.78, 5) is 4.41. The van der Waals surface area contributed by atoms with Gasteiger partial charge in [-0.25, -0.2) is 4.98 Å². The predicted molar refractivity (Wildman–Crippen MR) is 42.5 cm³/mol. The zero-order valence-electron chi connectivity index (χ0n) is 5.92. The highest BCUT2D eigenvalue weighted by Crippen LogP contribution is 2.22. The molecule has 2 rings (SSSR count). The van der Waals surface area contributed by atoms with Crippen LogP contribution in [0.25, 0.3) is 0 Å². The molecule has 0 saturated carbocycles. The number of hydrogen-bond acceptors (Lipinski definition) is 3. The van der Waals surface area contributed by atoms with Crippen molar-refractivity contribution in [3.63, 3.8) is 0 Å². The molecule has 54 valence electrons. The molecule has 0 aromatic carbocycles. The Morgan fingerprint density at radius 3 is 2.90 bits per heavy atom. The number of aromatic nitrogens is 1. The quantitative estimate of drug-likeness (QED) is 0.656. The van der Waals surface area contributed by atoms with Crippen LogP contribution in [0.1, 0.15) is 16.6 Å². The van der Waals surface area contributed by atoms with Gasteiger partial charge in [0.05, 0.1) is 5.01 Å². The number of hydrogen-bond donors (Lipinski definition) is 1. The molecule has 0 unspecified atom stereocenters. The van der Waals surface area contributed by atoms with Gasteiger partial charge in [0.2, 0.25) is 0 Å². The van der Waals surface area contributed by atoms with E-state index in [9.17, 15) is 0 Å². The zero-order valence-corrected chi connectivity index (χ0v) is 6.74. The maximum atomic E-state index is 4.41. The van der Waals surface area contributed by atoms with Gasteiger partial charge in [0.15, 0.2) is 0 Å². The molecule has 0 aliphatic carbocycles. The van der Waals surface area contributed by atoms with Gasteiger partial charge in [0.1, 0.15) is 0 Å². The van der Waals surface area contributed by atoms with Crippen molar-refractivity contribution < 1.29 is 0 Å². The smallest absolute Gasteiger partial charge is 0.0984 e. The summed E-state index contributed by atoms with van der Waals surface area (Å²) in [7, 11) is 0. The molecule has 2 nitrogen and oxygen atoms in total. The lowest BCUT2D eigenvalue weighted by Gasteiger charge is -2.24. The van der Waals surface area contributed by atoms with E-state index in [2.05, 4.69) is 15.7 Å². The maximum absolute atomic E-state index is 4.41. The highest BCUT2D eigenvalue weighted by atomic mass is 32.1. The van der Waals surface area contributed by atoms with Crippen LogP contribution < -0.4 is 5.32 Å². The van der Waals surface area contributed by atoms with Gasteiger partial charge in [-0.05, 0) is 6.92 Å². The monoisotopic (exact) mass is 154 g/mol. The third kappa shape index (κ3) is 0.954. The summed E-state index contributed by atoms with van der Waals surface area (Å²) in [5.74, 6) is 0.707. The lowest BCUT2D eigenvalue weighted by molar-refractivity contribution is 0.446. The highest BCUT2D eigenvalue weighted by molar-refractivity contribution is 7.09.